The number of hydrogen-bond donors (Lipinski definition) is 2. The third-order valence-corrected chi connectivity index (χ3v) is 5.29. The van der Waals surface area contributed by atoms with Crippen molar-refractivity contribution in [2.24, 2.45) is 0 Å². The number of anilines is 1. The fourth-order valence-corrected chi connectivity index (χ4v) is 3.48. The third-order valence-electron chi connectivity index (χ3n) is 3.73. The van der Waals surface area contributed by atoms with Crippen LogP contribution in [0.3, 0.4) is 0 Å². The van der Waals surface area contributed by atoms with Crippen LogP contribution in [0.4, 0.5) is 5.69 Å². The number of ether oxygens (including phenoxy) is 1. The van der Waals surface area contributed by atoms with Gasteiger partial charge in [0.05, 0.1) is 17.5 Å². The summed E-state index contributed by atoms with van der Waals surface area (Å²) in [6.07, 6.45) is 0. The van der Waals surface area contributed by atoms with E-state index < -0.39 is 22.0 Å². The average Bonchev–Trinajstić information content (AvgIpc) is 2.63. The van der Waals surface area contributed by atoms with Gasteiger partial charge in [-0.1, -0.05) is 12.1 Å². The molecule has 2 aromatic rings. The SMILES string of the molecule is CCOc1ccc(NC(=O)[C@H](C)NS(=O)(=O)c2ccc(C(C)=O)cc2)cc1. The molecule has 0 aliphatic rings. The summed E-state index contributed by atoms with van der Waals surface area (Å²) in [6.45, 7) is 5.26. The Kier molecular flexibility index (Phi) is 6.70. The molecule has 0 saturated heterocycles. The molecule has 0 spiro atoms. The second-order valence-electron chi connectivity index (χ2n) is 5.87. The highest BCUT2D eigenvalue weighted by atomic mass is 32.2. The minimum atomic E-state index is -3.90. The van der Waals surface area contributed by atoms with Crippen molar-refractivity contribution in [2.75, 3.05) is 11.9 Å². The van der Waals surface area contributed by atoms with Crippen LogP contribution in [-0.4, -0.2) is 32.8 Å². The van der Waals surface area contributed by atoms with Crippen LogP contribution in [0.25, 0.3) is 0 Å². The molecule has 7 nitrogen and oxygen atoms in total. The average molecular weight is 390 g/mol. The van der Waals surface area contributed by atoms with Crippen molar-refractivity contribution in [3.8, 4) is 5.75 Å². The first-order valence-corrected chi connectivity index (χ1v) is 9.88. The van der Waals surface area contributed by atoms with Gasteiger partial charge in [0.2, 0.25) is 15.9 Å². The van der Waals surface area contributed by atoms with Gasteiger partial charge in [-0.25, -0.2) is 8.42 Å². The molecule has 27 heavy (non-hydrogen) atoms. The number of benzene rings is 2. The Morgan fingerprint density at radius 2 is 1.63 bits per heavy atom. The first kappa shape index (κ1) is 20.6. The fourth-order valence-electron chi connectivity index (χ4n) is 2.27. The normalized spacial score (nSPS) is 12.3. The molecule has 2 N–H and O–H groups in total. The number of sulfonamides is 1. The quantitative estimate of drug-likeness (QED) is 0.675. The molecule has 1 atom stereocenters. The Bertz CT molecular complexity index is 906. The smallest absolute Gasteiger partial charge is 0.242 e. The van der Waals surface area contributed by atoms with E-state index in [1.165, 1.54) is 38.1 Å². The van der Waals surface area contributed by atoms with E-state index in [9.17, 15) is 18.0 Å². The van der Waals surface area contributed by atoms with Gasteiger partial charge in [-0.15, -0.1) is 0 Å². The molecule has 0 aliphatic carbocycles. The van der Waals surface area contributed by atoms with Crippen molar-refractivity contribution >= 4 is 27.4 Å². The van der Waals surface area contributed by atoms with E-state index in [1.807, 2.05) is 6.92 Å². The lowest BCUT2D eigenvalue weighted by Gasteiger charge is -2.15. The van der Waals surface area contributed by atoms with E-state index in [0.29, 0.717) is 23.6 Å². The summed E-state index contributed by atoms with van der Waals surface area (Å²) in [5.41, 5.74) is 0.940. The van der Waals surface area contributed by atoms with Crippen molar-refractivity contribution in [1.29, 1.82) is 0 Å². The summed E-state index contributed by atoms with van der Waals surface area (Å²) in [7, 11) is -3.90. The Morgan fingerprint density at radius 1 is 1.04 bits per heavy atom. The van der Waals surface area contributed by atoms with E-state index in [2.05, 4.69) is 10.0 Å². The van der Waals surface area contributed by atoms with Crippen LogP contribution in [-0.2, 0) is 14.8 Å². The second kappa shape index (κ2) is 8.79. The van der Waals surface area contributed by atoms with E-state index >= 15 is 0 Å². The molecule has 2 aromatic carbocycles. The molecule has 0 fully saturated rings. The molecule has 1 amide bonds. The summed E-state index contributed by atoms with van der Waals surface area (Å²) in [6, 6.07) is 11.3. The third kappa shape index (κ3) is 5.63. The van der Waals surface area contributed by atoms with Crippen LogP contribution >= 0.6 is 0 Å². The first-order chi connectivity index (χ1) is 12.7. The number of ketones is 1. The maximum Gasteiger partial charge on any atom is 0.242 e. The van der Waals surface area contributed by atoms with Crippen LogP contribution in [0.15, 0.2) is 53.4 Å². The van der Waals surface area contributed by atoms with E-state index in [4.69, 9.17) is 4.74 Å². The molecular weight excluding hydrogens is 368 g/mol. The predicted octanol–water partition coefficient (Wildman–Crippen LogP) is 2.59. The minimum absolute atomic E-state index is 0.0202. The molecular formula is C19H22N2O5S. The van der Waals surface area contributed by atoms with E-state index in [-0.39, 0.29) is 10.7 Å². The standard InChI is InChI=1S/C19H22N2O5S/c1-4-26-17-9-7-16(8-10-17)20-19(23)13(2)21-27(24,25)18-11-5-15(6-12-18)14(3)22/h5-13,21H,4H2,1-3H3,(H,20,23)/t13-/m0/s1. The molecule has 0 aromatic heterocycles. The van der Waals surface area contributed by atoms with Crippen LogP contribution in [0, 0.1) is 0 Å². The van der Waals surface area contributed by atoms with Crippen molar-refractivity contribution in [3.63, 3.8) is 0 Å². The molecule has 2 rings (SSSR count). The Balaban J connectivity index is 2.02. The highest BCUT2D eigenvalue weighted by Crippen LogP contribution is 2.16. The maximum absolute atomic E-state index is 12.4. The number of rotatable bonds is 8. The highest BCUT2D eigenvalue weighted by Gasteiger charge is 2.22. The number of hydrogen-bond acceptors (Lipinski definition) is 5. The maximum atomic E-state index is 12.4. The summed E-state index contributed by atoms with van der Waals surface area (Å²) >= 11 is 0. The van der Waals surface area contributed by atoms with Gasteiger partial charge >= 0.3 is 0 Å². The monoisotopic (exact) mass is 390 g/mol. The van der Waals surface area contributed by atoms with Crippen LogP contribution in [0.1, 0.15) is 31.1 Å². The summed E-state index contributed by atoms with van der Waals surface area (Å²) in [4.78, 5) is 23.5. The van der Waals surface area contributed by atoms with Crippen molar-refractivity contribution in [3.05, 3.63) is 54.1 Å². The van der Waals surface area contributed by atoms with Crippen molar-refractivity contribution in [2.45, 2.75) is 31.7 Å². The molecule has 0 saturated carbocycles. The van der Waals surface area contributed by atoms with Crippen molar-refractivity contribution in [1.82, 2.24) is 4.72 Å². The summed E-state index contributed by atoms with van der Waals surface area (Å²) < 4.78 is 32.5. The Morgan fingerprint density at radius 3 is 2.15 bits per heavy atom. The van der Waals surface area contributed by atoms with Gasteiger partial charge in [0.1, 0.15) is 5.75 Å². The lowest BCUT2D eigenvalue weighted by atomic mass is 10.2. The Labute approximate surface area is 158 Å². The first-order valence-electron chi connectivity index (χ1n) is 8.40. The summed E-state index contributed by atoms with van der Waals surface area (Å²) in [5.74, 6) is 0.0244. The molecule has 8 heteroatoms. The highest BCUT2D eigenvalue weighted by molar-refractivity contribution is 7.89. The fraction of sp³-hybridized carbons (Fsp3) is 0.263. The number of amides is 1. The minimum Gasteiger partial charge on any atom is -0.494 e. The molecule has 0 radical (unpaired) electrons. The lowest BCUT2D eigenvalue weighted by Crippen LogP contribution is -2.41. The number of carbonyl (C=O) groups excluding carboxylic acids is 2. The largest absolute Gasteiger partial charge is 0.494 e. The van der Waals surface area contributed by atoms with Crippen molar-refractivity contribution < 1.29 is 22.7 Å². The zero-order chi connectivity index (χ0) is 20.0. The van der Waals surface area contributed by atoms with Gasteiger partial charge in [-0.3, -0.25) is 9.59 Å². The number of Topliss-reactive ketones (excluding diaryl/α,β-unsaturated/α-hetero) is 1. The molecule has 0 heterocycles. The van der Waals surface area contributed by atoms with Crippen LogP contribution in [0.5, 0.6) is 5.75 Å². The summed E-state index contributed by atoms with van der Waals surface area (Å²) in [5, 5.41) is 2.64. The lowest BCUT2D eigenvalue weighted by molar-refractivity contribution is -0.117. The van der Waals surface area contributed by atoms with Gasteiger partial charge in [0.15, 0.2) is 5.78 Å². The van der Waals surface area contributed by atoms with E-state index in [0.717, 1.165) is 0 Å². The predicted molar refractivity (Wildman–Crippen MR) is 102 cm³/mol. The second-order valence-corrected chi connectivity index (χ2v) is 7.58. The van der Waals surface area contributed by atoms with Gasteiger partial charge in [-0.05, 0) is 57.2 Å². The van der Waals surface area contributed by atoms with Gasteiger partial charge < -0.3 is 10.1 Å². The van der Waals surface area contributed by atoms with Gasteiger partial charge in [0.25, 0.3) is 0 Å². The molecule has 0 bridgehead atoms. The van der Waals surface area contributed by atoms with Gasteiger partial charge in [-0.2, -0.15) is 4.72 Å². The Hall–Kier alpha value is -2.71. The van der Waals surface area contributed by atoms with E-state index in [1.54, 1.807) is 24.3 Å². The zero-order valence-electron chi connectivity index (χ0n) is 15.4. The number of nitrogens with one attached hydrogen (secondary N) is 2. The topological polar surface area (TPSA) is 102 Å². The molecule has 0 aliphatic heterocycles. The molecule has 144 valence electrons. The molecule has 0 unspecified atom stereocenters. The zero-order valence-corrected chi connectivity index (χ0v) is 16.2. The number of carbonyl (C=O) groups is 2. The van der Waals surface area contributed by atoms with Crippen LogP contribution in [0.2, 0.25) is 0 Å². The van der Waals surface area contributed by atoms with Crippen LogP contribution < -0.4 is 14.8 Å². The van der Waals surface area contributed by atoms with Gasteiger partial charge in [0, 0.05) is 11.3 Å².